The Bertz CT molecular complexity index is 458. The highest BCUT2D eigenvalue weighted by molar-refractivity contribution is 5.73. The molecular formula is C9H9FN4. The predicted octanol–water partition coefficient (Wildman–Crippen LogP) is 0.665. The monoisotopic (exact) mass is 192 g/mol. The van der Waals surface area contributed by atoms with Crippen LogP contribution in [0.1, 0.15) is 5.82 Å². The van der Waals surface area contributed by atoms with Crippen LogP contribution in [0, 0.1) is 5.82 Å². The van der Waals surface area contributed by atoms with Gasteiger partial charge in [0, 0.05) is 6.42 Å². The molecule has 0 amide bonds. The van der Waals surface area contributed by atoms with E-state index < -0.39 is 0 Å². The molecule has 72 valence electrons. The van der Waals surface area contributed by atoms with Gasteiger partial charge in [-0.15, -0.1) is 10.2 Å². The van der Waals surface area contributed by atoms with Crippen molar-refractivity contribution in [1.29, 1.82) is 0 Å². The second-order valence-corrected chi connectivity index (χ2v) is 2.87. The van der Waals surface area contributed by atoms with Crippen LogP contribution in [0.5, 0.6) is 0 Å². The Balaban J connectivity index is 2.58. The standard InChI is InChI=1S/C9H9FN4/c10-6-2-1-3-7-9(6)12-8(4-5-11)14-13-7/h1-3H,4-5,11H2. The van der Waals surface area contributed by atoms with Crippen LogP contribution in [0.3, 0.4) is 0 Å². The first kappa shape index (κ1) is 8.96. The van der Waals surface area contributed by atoms with E-state index >= 15 is 0 Å². The summed E-state index contributed by atoms with van der Waals surface area (Å²) >= 11 is 0. The van der Waals surface area contributed by atoms with Gasteiger partial charge in [-0.05, 0) is 18.7 Å². The smallest absolute Gasteiger partial charge is 0.153 e. The van der Waals surface area contributed by atoms with Gasteiger partial charge in [0.15, 0.2) is 11.6 Å². The first-order valence-electron chi connectivity index (χ1n) is 4.29. The van der Waals surface area contributed by atoms with Gasteiger partial charge in [0.25, 0.3) is 0 Å². The lowest BCUT2D eigenvalue weighted by atomic mass is 10.3. The highest BCUT2D eigenvalue weighted by Gasteiger charge is 2.04. The molecular weight excluding hydrogens is 183 g/mol. The van der Waals surface area contributed by atoms with Crippen molar-refractivity contribution in [2.24, 2.45) is 5.73 Å². The average Bonchev–Trinajstić information content (AvgIpc) is 2.20. The topological polar surface area (TPSA) is 64.7 Å². The van der Waals surface area contributed by atoms with Crippen molar-refractivity contribution in [3.63, 3.8) is 0 Å². The lowest BCUT2D eigenvalue weighted by Gasteiger charge is -1.99. The molecule has 0 fully saturated rings. The summed E-state index contributed by atoms with van der Waals surface area (Å²) in [6, 6.07) is 4.60. The van der Waals surface area contributed by atoms with E-state index in [-0.39, 0.29) is 11.3 Å². The third-order valence-corrected chi connectivity index (χ3v) is 1.85. The van der Waals surface area contributed by atoms with Gasteiger partial charge >= 0.3 is 0 Å². The Morgan fingerprint density at radius 2 is 2.14 bits per heavy atom. The molecule has 2 aromatic rings. The third-order valence-electron chi connectivity index (χ3n) is 1.85. The van der Waals surface area contributed by atoms with Gasteiger partial charge in [-0.2, -0.15) is 0 Å². The molecule has 2 N–H and O–H groups in total. The number of aromatic nitrogens is 3. The predicted molar refractivity (Wildman–Crippen MR) is 50.0 cm³/mol. The van der Waals surface area contributed by atoms with Gasteiger partial charge in [-0.25, -0.2) is 9.37 Å². The summed E-state index contributed by atoms with van der Waals surface area (Å²) in [5.41, 5.74) is 6.06. The van der Waals surface area contributed by atoms with E-state index in [4.69, 9.17) is 5.73 Å². The molecule has 0 radical (unpaired) electrons. The van der Waals surface area contributed by atoms with Crippen molar-refractivity contribution >= 4 is 11.0 Å². The van der Waals surface area contributed by atoms with Crippen molar-refractivity contribution in [1.82, 2.24) is 15.2 Å². The van der Waals surface area contributed by atoms with Crippen LogP contribution in [-0.2, 0) is 6.42 Å². The molecule has 0 atom stereocenters. The fourth-order valence-corrected chi connectivity index (χ4v) is 1.19. The van der Waals surface area contributed by atoms with Crippen LogP contribution < -0.4 is 5.73 Å². The van der Waals surface area contributed by atoms with E-state index in [1.807, 2.05) is 0 Å². The molecule has 0 aliphatic carbocycles. The lowest BCUT2D eigenvalue weighted by Crippen LogP contribution is -2.07. The molecule has 0 bridgehead atoms. The number of nitrogens with two attached hydrogens (primary N) is 1. The maximum atomic E-state index is 13.2. The van der Waals surface area contributed by atoms with Crippen LogP contribution in [-0.4, -0.2) is 21.7 Å². The number of hydrogen-bond donors (Lipinski definition) is 1. The van der Waals surface area contributed by atoms with Crippen molar-refractivity contribution in [3.05, 3.63) is 29.8 Å². The summed E-state index contributed by atoms with van der Waals surface area (Å²) in [6.45, 7) is 0.432. The summed E-state index contributed by atoms with van der Waals surface area (Å²) in [7, 11) is 0. The van der Waals surface area contributed by atoms with E-state index in [9.17, 15) is 4.39 Å². The molecule has 0 aliphatic rings. The number of rotatable bonds is 2. The molecule has 14 heavy (non-hydrogen) atoms. The van der Waals surface area contributed by atoms with Crippen molar-refractivity contribution in [2.45, 2.75) is 6.42 Å². The van der Waals surface area contributed by atoms with Gasteiger partial charge in [-0.3, -0.25) is 0 Å². The molecule has 0 aliphatic heterocycles. The Kier molecular flexibility index (Phi) is 2.32. The minimum absolute atomic E-state index is 0.256. The molecule has 4 nitrogen and oxygen atoms in total. The molecule has 0 saturated heterocycles. The SMILES string of the molecule is NCCc1nnc2cccc(F)c2n1. The number of nitrogens with zero attached hydrogens (tertiary/aromatic N) is 3. The van der Waals surface area contributed by atoms with Crippen LogP contribution in [0.15, 0.2) is 18.2 Å². The molecule has 1 heterocycles. The minimum Gasteiger partial charge on any atom is -0.330 e. The van der Waals surface area contributed by atoms with E-state index in [1.165, 1.54) is 6.07 Å². The quantitative estimate of drug-likeness (QED) is 0.759. The summed E-state index contributed by atoms with van der Waals surface area (Å²) in [6.07, 6.45) is 0.511. The van der Waals surface area contributed by atoms with Gasteiger partial charge in [0.05, 0.1) is 0 Å². The summed E-state index contributed by atoms with van der Waals surface area (Å²) in [5.74, 6) is 0.0979. The van der Waals surface area contributed by atoms with E-state index in [0.29, 0.717) is 24.3 Å². The minimum atomic E-state index is -0.379. The number of fused-ring (bicyclic) bond motifs is 1. The maximum Gasteiger partial charge on any atom is 0.153 e. The number of halogens is 1. The van der Waals surface area contributed by atoms with E-state index in [0.717, 1.165) is 0 Å². The van der Waals surface area contributed by atoms with Crippen molar-refractivity contribution in [2.75, 3.05) is 6.54 Å². The van der Waals surface area contributed by atoms with Crippen molar-refractivity contribution < 1.29 is 4.39 Å². The van der Waals surface area contributed by atoms with E-state index in [2.05, 4.69) is 15.2 Å². The molecule has 2 rings (SSSR count). The Labute approximate surface area is 80.0 Å². The Morgan fingerprint density at radius 3 is 2.93 bits per heavy atom. The maximum absolute atomic E-state index is 13.2. The lowest BCUT2D eigenvalue weighted by molar-refractivity contribution is 0.634. The van der Waals surface area contributed by atoms with Gasteiger partial charge in [0.2, 0.25) is 0 Å². The number of hydrogen-bond acceptors (Lipinski definition) is 4. The van der Waals surface area contributed by atoms with Gasteiger partial charge in [-0.1, -0.05) is 6.07 Å². The van der Waals surface area contributed by atoms with Gasteiger partial charge in [0.1, 0.15) is 11.0 Å². The van der Waals surface area contributed by atoms with Crippen LogP contribution in [0.2, 0.25) is 0 Å². The summed E-state index contributed by atoms with van der Waals surface area (Å²) < 4.78 is 13.2. The fraction of sp³-hybridized carbons (Fsp3) is 0.222. The zero-order chi connectivity index (χ0) is 9.97. The largest absolute Gasteiger partial charge is 0.330 e. The molecule has 0 unspecified atom stereocenters. The molecule has 1 aromatic carbocycles. The van der Waals surface area contributed by atoms with Crippen molar-refractivity contribution in [3.8, 4) is 0 Å². The Hall–Kier alpha value is -1.62. The highest BCUT2D eigenvalue weighted by atomic mass is 19.1. The number of para-hydroxylation sites is 1. The van der Waals surface area contributed by atoms with E-state index in [1.54, 1.807) is 12.1 Å². The molecule has 1 aromatic heterocycles. The normalized spacial score (nSPS) is 10.7. The van der Waals surface area contributed by atoms with Crippen LogP contribution >= 0.6 is 0 Å². The second kappa shape index (κ2) is 3.63. The second-order valence-electron chi connectivity index (χ2n) is 2.87. The first-order chi connectivity index (χ1) is 6.81. The first-order valence-corrected chi connectivity index (χ1v) is 4.29. The van der Waals surface area contributed by atoms with Crippen LogP contribution in [0.25, 0.3) is 11.0 Å². The summed E-state index contributed by atoms with van der Waals surface area (Å²) in [5, 5.41) is 7.68. The molecule has 0 spiro atoms. The van der Waals surface area contributed by atoms with Crippen LogP contribution in [0.4, 0.5) is 4.39 Å². The number of benzene rings is 1. The molecule has 0 saturated carbocycles. The average molecular weight is 192 g/mol. The molecule has 5 heteroatoms. The zero-order valence-electron chi connectivity index (χ0n) is 7.44. The van der Waals surface area contributed by atoms with Gasteiger partial charge < -0.3 is 5.73 Å². The Morgan fingerprint density at radius 1 is 1.29 bits per heavy atom. The fourth-order valence-electron chi connectivity index (χ4n) is 1.19. The highest BCUT2D eigenvalue weighted by Crippen LogP contribution is 2.11. The third kappa shape index (κ3) is 1.54. The summed E-state index contributed by atoms with van der Waals surface area (Å²) in [4.78, 5) is 4.04. The zero-order valence-corrected chi connectivity index (χ0v) is 7.44.